The van der Waals surface area contributed by atoms with Crippen molar-refractivity contribution in [1.29, 1.82) is 0 Å². The van der Waals surface area contributed by atoms with Gasteiger partial charge < -0.3 is 10.2 Å². The highest BCUT2D eigenvalue weighted by molar-refractivity contribution is 7.80. The molecule has 0 unspecified atom stereocenters. The molecule has 0 atom stereocenters. The van der Waals surface area contributed by atoms with E-state index in [1.165, 1.54) is 89.9 Å². The summed E-state index contributed by atoms with van der Waals surface area (Å²) >= 11 is 5.64. The van der Waals surface area contributed by atoms with E-state index in [0.29, 0.717) is 0 Å². The Morgan fingerprint density at radius 3 is 1.50 bits per heavy atom. The average molecular weight is 357 g/mol. The summed E-state index contributed by atoms with van der Waals surface area (Å²) in [6, 6.07) is 0. The Hall–Kier alpha value is -0.310. The molecule has 0 aromatic carbocycles. The normalized spacial score (nSPS) is 10.8. The summed E-state index contributed by atoms with van der Waals surface area (Å²) in [5, 5.41) is 4.45. The van der Waals surface area contributed by atoms with Crippen molar-refractivity contribution < 1.29 is 0 Å². The summed E-state index contributed by atoms with van der Waals surface area (Å²) in [6.07, 6.45) is 18.7. The van der Waals surface area contributed by atoms with Crippen LogP contribution in [-0.4, -0.2) is 29.6 Å². The van der Waals surface area contributed by atoms with Crippen LogP contribution in [0.2, 0.25) is 0 Å². The summed E-state index contributed by atoms with van der Waals surface area (Å²) in [4.78, 5) is 2.44. The minimum absolute atomic E-state index is 0.991. The molecule has 0 aromatic rings. The number of hydrogen-bond acceptors (Lipinski definition) is 1. The van der Waals surface area contributed by atoms with Crippen LogP contribution in [0.1, 0.15) is 111 Å². The van der Waals surface area contributed by atoms with Crippen molar-refractivity contribution >= 4 is 17.3 Å². The number of nitrogens with one attached hydrogen (secondary N) is 1. The number of unbranched alkanes of at least 4 members (excludes halogenated alkanes) is 11. The van der Waals surface area contributed by atoms with Crippen LogP contribution in [0.3, 0.4) is 0 Å². The van der Waals surface area contributed by atoms with Gasteiger partial charge in [0.15, 0.2) is 5.11 Å². The smallest absolute Gasteiger partial charge is 0.168 e. The Morgan fingerprint density at radius 1 is 0.625 bits per heavy atom. The van der Waals surface area contributed by atoms with Gasteiger partial charge in [-0.15, -0.1) is 0 Å². The molecule has 0 aromatic heterocycles. The van der Waals surface area contributed by atoms with Crippen LogP contribution in [0.4, 0.5) is 0 Å². The lowest BCUT2D eigenvalue weighted by molar-refractivity contribution is 0.378. The lowest BCUT2D eigenvalue weighted by atomic mass is 10.1. The Labute approximate surface area is 158 Å². The van der Waals surface area contributed by atoms with Crippen LogP contribution in [0.5, 0.6) is 0 Å². The SMILES string of the molecule is CCCCCCCCN(CCCCCCCC)C(=S)NCCCC. The van der Waals surface area contributed by atoms with Gasteiger partial charge in [0.25, 0.3) is 0 Å². The van der Waals surface area contributed by atoms with Crippen LogP contribution in [0, 0.1) is 0 Å². The largest absolute Gasteiger partial charge is 0.363 e. The monoisotopic (exact) mass is 356 g/mol. The Bertz CT molecular complexity index is 253. The maximum atomic E-state index is 5.64. The molecule has 0 radical (unpaired) electrons. The highest BCUT2D eigenvalue weighted by Crippen LogP contribution is 2.09. The predicted molar refractivity (Wildman–Crippen MR) is 114 cm³/mol. The molecule has 2 nitrogen and oxygen atoms in total. The van der Waals surface area contributed by atoms with E-state index >= 15 is 0 Å². The van der Waals surface area contributed by atoms with Gasteiger partial charge in [0.2, 0.25) is 0 Å². The zero-order valence-corrected chi connectivity index (χ0v) is 17.7. The Morgan fingerprint density at radius 2 is 1.04 bits per heavy atom. The van der Waals surface area contributed by atoms with E-state index in [2.05, 4.69) is 31.0 Å². The van der Waals surface area contributed by atoms with Gasteiger partial charge in [0.1, 0.15) is 0 Å². The van der Waals surface area contributed by atoms with Gasteiger partial charge in [0, 0.05) is 19.6 Å². The molecule has 0 amide bonds. The molecule has 0 saturated heterocycles. The van der Waals surface area contributed by atoms with Gasteiger partial charge in [-0.05, 0) is 31.5 Å². The van der Waals surface area contributed by atoms with E-state index < -0.39 is 0 Å². The minimum Gasteiger partial charge on any atom is -0.363 e. The summed E-state index contributed by atoms with van der Waals surface area (Å²) in [5.74, 6) is 0. The average Bonchev–Trinajstić information content (AvgIpc) is 2.59. The number of thiocarbonyl (C=S) groups is 1. The van der Waals surface area contributed by atoms with E-state index in [9.17, 15) is 0 Å². The van der Waals surface area contributed by atoms with Crippen molar-refractivity contribution in [3.05, 3.63) is 0 Å². The van der Waals surface area contributed by atoms with E-state index in [1.807, 2.05) is 0 Å². The molecular formula is C21H44N2S. The lowest BCUT2D eigenvalue weighted by Gasteiger charge is -2.26. The molecule has 0 bridgehead atoms. The molecule has 1 N–H and O–H groups in total. The fourth-order valence-corrected chi connectivity index (χ4v) is 3.25. The molecular weight excluding hydrogens is 312 g/mol. The van der Waals surface area contributed by atoms with Gasteiger partial charge in [-0.2, -0.15) is 0 Å². The Kier molecular flexibility index (Phi) is 18.8. The lowest BCUT2D eigenvalue weighted by Crippen LogP contribution is -2.41. The van der Waals surface area contributed by atoms with E-state index in [-0.39, 0.29) is 0 Å². The molecule has 24 heavy (non-hydrogen) atoms. The van der Waals surface area contributed by atoms with Crippen molar-refractivity contribution in [2.24, 2.45) is 0 Å². The van der Waals surface area contributed by atoms with E-state index in [0.717, 1.165) is 24.7 Å². The Balaban J connectivity index is 3.97. The van der Waals surface area contributed by atoms with Crippen LogP contribution in [-0.2, 0) is 0 Å². The van der Waals surface area contributed by atoms with E-state index in [1.54, 1.807) is 0 Å². The minimum atomic E-state index is 0.991. The van der Waals surface area contributed by atoms with Crippen LogP contribution >= 0.6 is 12.2 Å². The maximum Gasteiger partial charge on any atom is 0.168 e. The molecule has 0 spiro atoms. The summed E-state index contributed by atoms with van der Waals surface area (Å²) < 4.78 is 0. The van der Waals surface area contributed by atoms with Crippen LogP contribution < -0.4 is 5.32 Å². The second-order valence-corrected chi connectivity index (χ2v) is 7.49. The first-order valence-corrected chi connectivity index (χ1v) is 11.2. The predicted octanol–water partition coefficient (Wildman–Crippen LogP) is 6.68. The summed E-state index contributed by atoms with van der Waals surface area (Å²) in [5.41, 5.74) is 0. The maximum absolute atomic E-state index is 5.64. The first-order valence-electron chi connectivity index (χ1n) is 10.8. The fraction of sp³-hybridized carbons (Fsp3) is 0.952. The molecule has 0 heterocycles. The fourth-order valence-electron chi connectivity index (χ4n) is 2.96. The molecule has 0 aliphatic carbocycles. The van der Waals surface area contributed by atoms with Crippen molar-refractivity contribution in [3.63, 3.8) is 0 Å². The van der Waals surface area contributed by atoms with Crippen molar-refractivity contribution in [3.8, 4) is 0 Å². The van der Waals surface area contributed by atoms with Crippen molar-refractivity contribution in [1.82, 2.24) is 10.2 Å². The molecule has 144 valence electrons. The number of nitrogens with zero attached hydrogens (tertiary/aromatic N) is 1. The van der Waals surface area contributed by atoms with Gasteiger partial charge in [-0.25, -0.2) is 0 Å². The number of hydrogen-bond donors (Lipinski definition) is 1. The van der Waals surface area contributed by atoms with Gasteiger partial charge in [-0.3, -0.25) is 0 Å². The molecule has 0 aliphatic rings. The van der Waals surface area contributed by atoms with Gasteiger partial charge >= 0.3 is 0 Å². The van der Waals surface area contributed by atoms with Crippen LogP contribution in [0.25, 0.3) is 0 Å². The highest BCUT2D eigenvalue weighted by Gasteiger charge is 2.08. The first-order chi connectivity index (χ1) is 11.8. The second-order valence-electron chi connectivity index (χ2n) is 7.11. The second kappa shape index (κ2) is 19.0. The van der Waals surface area contributed by atoms with E-state index in [4.69, 9.17) is 12.2 Å². The molecule has 3 heteroatoms. The molecule has 0 rings (SSSR count). The highest BCUT2D eigenvalue weighted by atomic mass is 32.1. The topological polar surface area (TPSA) is 15.3 Å². The quantitative estimate of drug-likeness (QED) is 0.231. The third-order valence-corrected chi connectivity index (χ3v) is 5.06. The number of rotatable bonds is 17. The first kappa shape index (κ1) is 23.7. The summed E-state index contributed by atoms with van der Waals surface area (Å²) in [7, 11) is 0. The summed E-state index contributed by atoms with van der Waals surface area (Å²) in [6.45, 7) is 10.1. The zero-order valence-electron chi connectivity index (χ0n) is 16.9. The van der Waals surface area contributed by atoms with Gasteiger partial charge in [-0.1, -0.05) is 91.4 Å². The van der Waals surface area contributed by atoms with Crippen molar-refractivity contribution in [2.45, 2.75) is 111 Å². The molecule has 0 aliphatic heterocycles. The third kappa shape index (κ3) is 15.2. The van der Waals surface area contributed by atoms with Gasteiger partial charge in [0.05, 0.1) is 0 Å². The standard InChI is InChI=1S/C21H44N2S/c1-4-7-10-12-14-16-19-23(21(24)22-18-9-6-3)20-17-15-13-11-8-5-2/h4-20H2,1-3H3,(H,22,24). The third-order valence-electron chi connectivity index (χ3n) is 4.66. The zero-order chi connectivity index (χ0) is 17.9. The van der Waals surface area contributed by atoms with Crippen LogP contribution in [0.15, 0.2) is 0 Å². The van der Waals surface area contributed by atoms with Crippen molar-refractivity contribution in [2.75, 3.05) is 19.6 Å². The molecule has 0 fully saturated rings. The molecule has 0 saturated carbocycles.